The Morgan fingerprint density at radius 1 is 1.29 bits per heavy atom. The van der Waals surface area contributed by atoms with E-state index < -0.39 is 17.6 Å². The molecule has 4 rings (SSSR count). The van der Waals surface area contributed by atoms with Crippen LogP contribution in [0.25, 0.3) is 0 Å². The minimum absolute atomic E-state index is 0.0620. The fourth-order valence-electron chi connectivity index (χ4n) is 2.96. The van der Waals surface area contributed by atoms with Crippen molar-refractivity contribution in [2.75, 3.05) is 18.5 Å². The van der Waals surface area contributed by atoms with Crippen LogP contribution in [0.4, 0.5) is 28.0 Å². The number of hydrogen-bond acceptors (Lipinski definition) is 4. The highest BCUT2D eigenvalue weighted by Gasteiger charge is 2.47. The molecule has 1 saturated heterocycles. The summed E-state index contributed by atoms with van der Waals surface area (Å²) in [5.41, 5.74) is -0.696. The van der Waals surface area contributed by atoms with Crippen molar-refractivity contribution in [1.29, 1.82) is 0 Å². The van der Waals surface area contributed by atoms with Crippen molar-refractivity contribution < 1.29 is 31.8 Å². The summed E-state index contributed by atoms with van der Waals surface area (Å²) in [5, 5.41) is 2.62. The molecule has 1 N–H and O–H groups in total. The highest BCUT2D eigenvalue weighted by molar-refractivity contribution is 5.90. The van der Waals surface area contributed by atoms with Crippen molar-refractivity contribution in [1.82, 2.24) is 9.88 Å². The molecular weight excluding hydrogens is 382 g/mol. The van der Waals surface area contributed by atoms with E-state index in [1.165, 1.54) is 12.1 Å². The van der Waals surface area contributed by atoms with Crippen molar-refractivity contribution in [2.24, 2.45) is 0 Å². The van der Waals surface area contributed by atoms with Gasteiger partial charge in [0.05, 0.1) is 24.3 Å². The van der Waals surface area contributed by atoms with Crippen LogP contribution in [0, 0.1) is 5.82 Å². The average Bonchev–Trinajstić information content (AvgIpc) is 3.43. The summed E-state index contributed by atoms with van der Waals surface area (Å²) in [5.74, 6) is -1.19. The van der Waals surface area contributed by atoms with Gasteiger partial charge < -0.3 is 19.7 Å². The predicted molar refractivity (Wildman–Crippen MR) is 89.6 cm³/mol. The summed E-state index contributed by atoms with van der Waals surface area (Å²) < 4.78 is 62.5. The van der Waals surface area contributed by atoms with E-state index in [1.807, 2.05) is 0 Å². The first-order valence-electron chi connectivity index (χ1n) is 8.51. The zero-order valence-corrected chi connectivity index (χ0v) is 14.4. The van der Waals surface area contributed by atoms with Crippen molar-refractivity contribution in [3.05, 3.63) is 47.9 Å². The maximum absolute atomic E-state index is 14.3. The molecule has 10 heteroatoms. The number of nitrogens with one attached hydrogen (secondary N) is 1. The van der Waals surface area contributed by atoms with Gasteiger partial charge in [0.1, 0.15) is 0 Å². The highest BCUT2D eigenvalue weighted by atomic mass is 19.4. The van der Waals surface area contributed by atoms with Crippen LogP contribution in [0.2, 0.25) is 0 Å². The molecule has 2 unspecified atom stereocenters. The summed E-state index contributed by atoms with van der Waals surface area (Å²) in [6.45, 7) is 0.937. The number of aromatic nitrogens is 1. The van der Waals surface area contributed by atoms with Gasteiger partial charge in [-0.3, -0.25) is 0 Å². The van der Waals surface area contributed by atoms with Gasteiger partial charge in [-0.15, -0.1) is 0 Å². The van der Waals surface area contributed by atoms with Crippen LogP contribution in [-0.4, -0.2) is 41.2 Å². The van der Waals surface area contributed by atoms with Crippen LogP contribution in [0.5, 0.6) is 11.6 Å². The summed E-state index contributed by atoms with van der Waals surface area (Å²) >= 11 is 0. The number of pyridine rings is 1. The Labute approximate surface area is 157 Å². The lowest BCUT2D eigenvalue weighted by Gasteiger charge is -2.26. The Balaban J connectivity index is 1.41. The molecule has 0 bridgehead atoms. The molecule has 1 aromatic carbocycles. The fraction of sp³-hybridized carbons (Fsp3) is 0.333. The molecule has 2 amide bonds. The van der Waals surface area contributed by atoms with Crippen molar-refractivity contribution in [3.63, 3.8) is 0 Å². The number of morpholine rings is 1. The van der Waals surface area contributed by atoms with Crippen molar-refractivity contribution >= 4 is 11.7 Å². The van der Waals surface area contributed by atoms with E-state index in [0.717, 1.165) is 24.6 Å². The van der Waals surface area contributed by atoms with Gasteiger partial charge >= 0.3 is 12.2 Å². The topological polar surface area (TPSA) is 63.7 Å². The van der Waals surface area contributed by atoms with Gasteiger partial charge in [-0.2, -0.15) is 13.2 Å². The number of hydrogen-bond donors (Lipinski definition) is 1. The van der Waals surface area contributed by atoms with Crippen LogP contribution < -0.4 is 10.1 Å². The van der Waals surface area contributed by atoms with E-state index in [1.54, 1.807) is 4.90 Å². The number of benzene rings is 1. The lowest BCUT2D eigenvalue weighted by molar-refractivity contribution is -0.137. The fourth-order valence-corrected chi connectivity index (χ4v) is 2.96. The summed E-state index contributed by atoms with van der Waals surface area (Å²) in [6.07, 6.45) is -3.02. The first-order chi connectivity index (χ1) is 13.3. The highest BCUT2D eigenvalue weighted by Crippen LogP contribution is 2.35. The minimum Gasteiger partial charge on any atom is -0.436 e. The number of carbonyl (C=O) groups is 1. The van der Waals surface area contributed by atoms with Gasteiger partial charge in [0.2, 0.25) is 5.88 Å². The number of fused-ring (bicyclic) bond motifs is 1. The number of rotatable bonds is 3. The Hall–Kier alpha value is -2.88. The zero-order chi connectivity index (χ0) is 19.9. The molecule has 0 radical (unpaired) electrons. The van der Waals surface area contributed by atoms with Gasteiger partial charge in [0.15, 0.2) is 11.6 Å². The normalized spacial score (nSPS) is 21.1. The van der Waals surface area contributed by atoms with Crippen LogP contribution in [-0.2, 0) is 10.9 Å². The van der Waals surface area contributed by atoms with Gasteiger partial charge in [0.25, 0.3) is 0 Å². The maximum Gasteiger partial charge on any atom is 0.417 e. The Morgan fingerprint density at radius 3 is 2.79 bits per heavy atom. The van der Waals surface area contributed by atoms with E-state index in [2.05, 4.69) is 10.3 Å². The van der Waals surface area contributed by atoms with Gasteiger partial charge in [0, 0.05) is 30.6 Å². The predicted octanol–water partition coefficient (Wildman–Crippen LogP) is 4.04. The second-order valence-electron chi connectivity index (χ2n) is 6.47. The van der Waals surface area contributed by atoms with E-state index >= 15 is 0 Å². The number of amides is 2. The standard InChI is InChI=1S/C18H15F4N3O3/c19-12-7-11(24-17(26)25-5-6-27-15-8-13(15)25)2-3-14(12)28-16-4-1-10(9-23-16)18(20,21)22/h1-4,7,9,13,15H,5-6,8H2,(H,24,26). The maximum atomic E-state index is 14.3. The monoisotopic (exact) mass is 397 g/mol. The Bertz CT molecular complexity index is 889. The van der Waals surface area contributed by atoms with Gasteiger partial charge in [-0.05, 0) is 24.6 Å². The first-order valence-corrected chi connectivity index (χ1v) is 8.51. The van der Waals surface area contributed by atoms with Crippen LogP contribution in [0.15, 0.2) is 36.5 Å². The van der Waals surface area contributed by atoms with E-state index in [-0.39, 0.29) is 35.5 Å². The SMILES string of the molecule is O=C(Nc1ccc(Oc2ccc(C(F)(F)F)cn2)c(F)c1)N1CCOC2CC21. The molecule has 1 aliphatic heterocycles. The number of anilines is 1. The molecule has 2 fully saturated rings. The number of nitrogens with zero attached hydrogens (tertiary/aromatic N) is 2. The first kappa shape index (κ1) is 18.5. The third kappa shape index (κ3) is 3.86. The van der Waals surface area contributed by atoms with Crippen molar-refractivity contribution in [2.45, 2.75) is 24.7 Å². The van der Waals surface area contributed by atoms with Gasteiger partial charge in [-0.25, -0.2) is 14.2 Å². The van der Waals surface area contributed by atoms with E-state index in [4.69, 9.17) is 9.47 Å². The molecule has 0 spiro atoms. The minimum atomic E-state index is -4.52. The number of alkyl halides is 3. The average molecular weight is 397 g/mol. The molecule has 6 nitrogen and oxygen atoms in total. The number of urea groups is 1. The number of ether oxygens (including phenoxy) is 2. The van der Waals surface area contributed by atoms with E-state index in [9.17, 15) is 22.4 Å². The van der Waals surface area contributed by atoms with E-state index in [0.29, 0.717) is 19.3 Å². The largest absolute Gasteiger partial charge is 0.436 e. The van der Waals surface area contributed by atoms with Crippen molar-refractivity contribution in [3.8, 4) is 11.6 Å². The molecule has 1 aromatic heterocycles. The lowest BCUT2D eigenvalue weighted by atomic mass is 10.2. The molecule has 2 atom stereocenters. The molecule has 28 heavy (non-hydrogen) atoms. The molecule has 1 saturated carbocycles. The molecule has 2 aromatic rings. The smallest absolute Gasteiger partial charge is 0.417 e. The Kier molecular flexibility index (Phi) is 4.58. The molecular formula is C18H15F4N3O3. The lowest BCUT2D eigenvalue weighted by Crippen LogP contribution is -2.43. The number of halogens is 4. The molecule has 1 aliphatic carbocycles. The van der Waals surface area contributed by atoms with Gasteiger partial charge in [-0.1, -0.05) is 0 Å². The second kappa shape index (κ2) is 6.93. The zero-order valence-electron chi connectivity index (χ0n) is 14.4. The van der Waals surface area contributed by atoms with Crippen LogP contribution in [0.1, 0.15) is 12.0 Å². The van der Waals surface area contributed by atoms with Crippen LogP contribution >= 0.6 is 0 Å². The van der Waals surface area contributed by atoms with Crippen LogP contribution in [0.3, 0.4) is 0 Å². The molecule has 2 heterocycles. The molecule has 2 aliphatic rings. The third-order valence-corrected chi connectivity index (χ3v) is 4.49. The molecule has 148 valence electrons. The second-order valence-corrected chi connectivity index (χ2v) is 6.47. The number of carbonyl (C=O) groups excluding carboxylic acids is 1. The Morgan fingerprint density at radius 2 is 2.11 bits per heavy atom. The third-order valence-electron chi connectivity index (χ3n) is 4.49. The summed E-state index contributed by atoms with van der Waals surface area (Å²) in [7, 11) is 0. The summed E-state index contributed by atoms with van der Waals surface area (Å²) in [6, 6.07) is 5.29. The summed E-state index contributed by atoms with van der Waals surface area (Å²) in [4.78, 5) is 17.5. The quantitative estimate of drug-likeness (QED) is 0.795.